The molecule has 1 heterocycles. The number of hydrogen-bond acceptors (Lipinski definition) is 3. The van der Waals surface area contributed by atoms with Gasteiger partial charge in [0.2, 0.25) is 5.91 Å². The maximum Gasteiger partial charge on any atom is 0.289 e. The van der Waals surface area contributed by atoms with Crippen molar-refractivity contribution < 1.29 is 18.4 Å². The van der Waals surface area contributed by atoms with E-state index in [-0.39, 0.29) is 29.5 Å². The molecule has 3 aromatic rings. The fraction of sp³-hybridized carbons (Fsp3) is 0.217. The molecule has 0 saturated carbocycles. The third-order valence-electron chi connectivity index (χ3n) is 4.63. The largest absolute Gasteiger partial charge is 0.451 e. The van der Waals surface area contributed by atoms with Gasteiger partial charge in [0.05, 0.1) is 12.1 Å². The first-order valence-corrected chi connectivity index (χ1v) is 9.24. The molecule has 0 radical (unpaired) electrons. The van der Waals surface area contributed by atoms with Gasteiger partial charge in [-0.2, -0.15) is 0 Å². The van der Waals surface area contributed by atoms with E-state index in [4.69, 9.17) is 4.42 Å². The van der Waals surface area contributed by atoms with Crippen molar-refractivity contribution >= 4 is 17.5 Å². The molecular weight excluding hydrogens is 371 g/mol. The summed E-state index contributed by atoms with van der Waals surface area (Å²) in [6.07, 6.45) is 0. The van der Waals surface area contributed by atoms with Crippen LogP contribution in [-0.4, -0.2) is 30.3 Å². The van der Waals surface area contributed by atoms with Gasteiger partial charge in [0, 0.05) is 12.7 Å². The molecule has 150 valence electrons. The van der Waals surface area contributed by atoms with E-state index in [1.807, 2.05) is 32.9 Å². The molecule has 1 N–H and O–H groups in total. The molecule has 0 atom stereocenters. The van der Waals surface area contributed by atoms with Gasteiger partial charge in [-0.05, 0) is 56.2 Å². The van der Waals surface area contributed by atoms with E-state index in [0.29, 0.717) is 0 Å². The average molecular weight is 394 g/mol. The number of benzene rings is 2. The molecule has 2 aromatic carbocycles. The number of furan rings is 1. The topological polar surface area (TPSA) is 62.6 Å². The van der Waals surface area contributed by atoms with Crippen molar-refractivity contribution in [1.29, 1.82) is 0 Å². The minimum atomic E-state index is -0.458. The van der Waals surface area contributed by atoms with Crippen LogP contribution in [0.1, 0.15) is 27.2 Å². The van der Waals surface area contributed by atoms with Crippen LogP contribution in [0.5, 0.6) is 0 Å². The molecule has 0 aliphatic heterocycles. The fourth-order valence-electron chi connectivity index (χ4n) is 3.29. The smallest absolute Gasteiger partial charge is 0.289 e. The van der Waals surface area contributed by atoms with Crippen molar-refractivity contribution in [3.8, 4) is 11.3 Å². The second kappa shape index (κ2) is 8.31. The second-order valence-corrected chi connectivity index (χ2v) is 7.13. The number of carbonyl (C=O) groups is 2. The van der Waals surface area contributed by atoms with Gasteiger partial charge in [0.25, 0.3) is 5.91 Å². The van der Waals surface area contributed by atoms with E-state index in [9.17, 15) is 14.0 Å². The SMILES string of the molecule is Cc1cc(C)c(NC(=O)CN(C)C(=O)c2ccc(-c3ccccc3F)o2)c(C)c1. The van der Waals surface area contributed by atoms with Gasteiger partial charge in [0.15, 0.2) is 5.76 Å². The zero-order chi connectivity index (χ0) is 21.1. The van der Waals surface area contributed by atoms with E-state index in [0.717, 1.165) is 22.4 Å². The maximum atomic E-state index is 13.9. The number of nitrogens with one attached hydrogen (secondary N) is 1. The molecule has 29 heavy (non-hydrogen) atoms. The van der Waals surface area contributed by atoms with Crippen LogP contribution in [0.2, 0.25) is 0 Å². The first kappa shape index (κ1) is 20.3. The summed E-state index contributed by atoms with van der Waals surface area (Å²) < 4.78 is 19.4. The monoisotopic (exact) mass is 394 g/mol. The lowest BCUT2D eigenvalue weighted by atomic mass is 10.1. The number of hydrogen-bond donors (Lipinski definition) is 1. The predicted octanol–water partition coefficient (Wildman–Crippen LogP) is 4.72. The Morgan fingerprint density at radius 1 is 1.03 bits per heavy atom. The van der Waals surface area contributed by atoms with Crippen molar-refractivity contribution in [1.82, 2.24) is 4.90 Å². The summed E-state index contributed by atoms with van der Waals surface area (Å²) in [4.78, 5) is 26.3. The van der Waals surface area contributed by atoms with Crippen LogP contribution < -0.4 is 5.32 Å². The van der Waals surface area contributed by atoms with E-state index in [1.165, 1.54) is 24.1 Å². The number of anilines is 1. The summed E-state index contributed by atoms with van der Waals surface area (Å²) in [5, 5.41) is 2.87. The van der Waals surface area contributed by atoms with Gasteiger partial charge >= 0.3 is 0 Å². The van der Waals surface area contributed by atoms with Crippen molar-refractivity contribution in [2.45, 2.75) is 20.8 Å². The highest BCUT2D eigenvalue weighted by Crippen LogP contribution is 2.25. The van der Waals surface area contributed by atoms with E-state index < -0.39 is 11.7 Å². The summed E-state index contributed by atoms with van der Waals surface area (Å²) in [5.74, 6) is -0.897. The molecule has 0 aliphatic carbocycles. The molecule has 0 fully saturated rings. The Hall–Kier alpha value is -3.41. The normalized spacial score (nSPS) is 10.7. The number of rotatable bonds is 5. The molecule has 0 saturated heterocycles. The number of likely N-dealkylation sites (N-methyl/N-ethyl adjacent to an activating group) is 1. The molecule has 6 heteroatoms. The Balaban J connectivity index is 1.68. The number of nitrogens with zero attached hydrogens (tertiary/aromatic N) is 1. The molecule has 0 unspecified atom stereocenters. The minimum Gasteiger partial charge on any atom is -0.451 e. The van der Waals surface area contributed by atoms with Crippen LogP contribution in [0.25, 0.3) is 11.3 Å². The average Bonchev–Trinajstić information content (AvgIpc) is 3.14. The summed E-state index contributed by atoms with van der Waals surface area (Å²) >= 11 is 0. The standard InChI is InChI=1S/C23H23FN2O3/c1-14-11-15(2)22(16(3)12-14)25-21(27)13-26(4)23(28)20-10-9-19(29-20)17-7-5-6-8-18(17)24/h5-12H,13H2,1-4H3,(H,25,27). The molecule has 0 spiro atoms. The van der Waals surface area contributed by atoms with Gasteiger partial charge < -0.3 is 14.6 Å². The first-order valence-electron chi connectivity index (χ1n) is 9.24. The van der Waals surface area contributed by atoms with E-state index in [2.05, 4.69) is 5.32 Å². The fourth-order valence-corrected chi connectivity index (χ4v) is 3.29. The Kier molecular flexibility index (Phi) is 5.82. The van der Waals surface area contributed by atoms with Gasteiger partial charge in [-0.15, -0.1) is 0 Å². The lowest BCUT2D eigenvalue weighted by Crippen LogP contribution is -2.35. The maximum absolute atomic E-state index is 13.9. The zero-order valence-corrected chi connectivity index (χ0v) is 16.9. The van der Waals surface area contributed by atoms with Gasteiger partial charge in [-0.25, -0.2) is 4.39 Å². The molecule has 5 nitrogen and oxygen atoms in total. The van der Waals surface area contributed by atoms with E-state index in [1.54, 1.807) is 24.3 Å². The minimum absolute atomic E-state index is 0.0428. The number of carbonyl (C=O) groups excluding carboxylic acids is 2. The molecule has 1 aromatic heterocycles. The van der Waals surface area contributed by atoms with Crippen LogP contribution in [0.15, 0.2) is 52.9 Å². The van der Waals surface area contributed by atoms with Gasteiger partial charge in [-0.1, -0.05) is 29.8 Å². The summed E-state index contributed by atoms with van der Waals surface area (Å²) in [7, 11) is 1.52. The van der Waals surface area contributed by atoms with Crippen molar-refractivity contribution in [2.75, 3.05) is 18.9 Å². The summed E-state index contributed by atoms with van der Waals surface area (Å²) in [6, 6.07) is 13.2. The third-order valence-corrected chi connectivity index (χ3v) is 4.63. The molecular formula is C23H23FN2O3. The lowest BCUT2D eigenvalue weighted by Gasteiger charge is -2.17. The molecule has 0 bridgehead atoms. The van der Waals surface area contributed by atoms with Crippen LogP contribution in [-0.2, 0) is 4.79 Å². The highest BCUT2D eigenvalue weighted by atomic mass is 19.1. The molecule has 2 amide bonds. The zero-order valence-electron chi connectivity index (χ0n) is 16.9. The third kappa shape index (κ3) is 4.54. The molecule has 0 aliphatic rings. The van der Waals surface area contributed by atoms with Crippen LogP contribution in [0.3, 0.4) is 0 Å². The Morgan fingerprint density at radius 3 is 2.34 bits per heavy atom. The van der Waals surface area contributed by atoms with Crippen LogP contribution >= 0.6 is 0 Å². The second-order valence-electron chi connectivity index (χ2n) is 7.13. The van der Waals surface area contributed by atoms with Crippen molar-refractivity contribution in [3.05, 3.63) is 76.8 Å². The van der Waals surface area contributed by atoms with E-state index >= 15 is 0 Å². The number of halogens is 1. The number of amides is 2. The predicted molar refractivity (Wildman–Crippen MR) is 110 cm³/mol. The van der Waals surface area contributed by atoms with Crippen LogP contribution in [0, 0.1) is 26.6 Å². The van der Waals surface area contributed by atoms with Crippen molar-refractivity contribution in [2.24, 2.45) is 0 Å². The van der Waals surface area contributed by atoms with Gasteiger partial charge in [-0.3, -0.25) is 9.59 Å². The van der Waals surface area contributed by atoms with Crippen molar-refractivity contribution in [3.63, 3.8) is 0 Å². The van der Waals surface area contributed by atoms with Gasteiger partial charge in [0.1, 0.15) is 11.6 Å². The molecule has 3 rings (SSSR count). The highest BCUT2D eigenvalue weighted by Gasteiger charge is 2.20. The quantitative estimate of drug-likeness (QED) is 0.681. The Bertz CT molecular complexity index is 1050. The first-order chi connectivity index (χ1) is 13.8. The summed E-state index contributed by atoms with van der Waals surface area (Å²) in [5.41, 5.74) is 4.07. The Morgan fingerprint density at radius 2 is 1.69 bits per heavy atom. The lowest BCUT2D eigenvalue weighted by molar-refractivity contribution is -0.116. The Labute approximate surface area is 169 Å². The highest BCUT2D eigenvalue weighted by molar-refractivity contribution is 5.98. The summed E-state index contributed by atoms with van der Waals surface area (Å²) in [6.45, 7) is 5.72. The number of aryl methyl sites for hydroxylation is 3. The van der Waals surface area contributed by atoms with Crippen LogP contribution in [0.4, 0.5) is 10.1 Å².